The molecule has 4 nitrogen and oxygen atoms in total. The molecule has 2 heterocycles. The van der Waals surface area contributed by atoms with Crippen molar-refractivity contribution in [1.82, 2.24) is 4.98 Å². The molecule has 0 radical (unpaired) electrons. The van der Waals surface area contributed by atoms with E-state index in [1.807, 2.05) is 39.8 Å². The number of rotatable bonds is 3. The van der Waals surface area contributed by atoms with E-state index in [0.717, 1.165) is 11.2 Å². The Hall–Kier alpha value is -0.905. The van der Waals surface area contributed by atoms with Gasteiger partial charge >= 0.3 is 7.12 Å². The van der Waals surface area contributed by atoms with E-state index in [1.54, 1.807) is 13.3 Å². The number of aromatic nitrogens is 1. The average Bonchev–Trinajstić information content (AvgIpc) is 2.50. The van der Waals surface area contributed by atoms with E-state index in [4.69, 9.17) is 14.0 Å². The molecule has 0 atom stereocenters. The quantitative estimate of drug-likeness (QED) is 0.761. The molecule has 98 valence electrons. The fourth-order valence-corrected chi connectivity index (χ4v) is 1.79. The summed E-state index contributed by atoms with van der Waals surface area (Å²) in [4.78, 5) is 4.32. The van der Waals surface area contributed by atoms with Crippen LogP contribution in [0.4, 0.5) is 0 Å². The number of ether oxygens (including phenoxy) is 1. The van der Waals surface area contributed by atoms with Crippen LogP contribution in [0.1, 0.15) is 33.4 Å². The molecule has 1 saturated heterocycles. The highest BCUT2D eigenvalue weighted by molar-refractivity contribution is 6.62. The van der Waals surface area contributed by atoms with Gasteiger partial charge in [0.2, 0.25) is 0 Å². The molecule has 0 spiro atoms. The smallest absolute Gasteiger partial charge is 0.399 e. The van der Waals surface area contributed by atoms with Gasteiger partial charge in [0.05, 0.1) is 23.5 Å². The minimum atomic E-state index is -0.348. The van der Waals surface area contributed by atoms with Crippen molar-refractivity contribution < 1.29 is 14.0 Å². The first-order valence-corrected chi connectivity index (χ1v) is 6.15. The van der Waals surface area contributed by atoms with Crippen LogP contribution in [0.3, 0.4) is 0 Å². The lowest BCUT2D eigenvalue weighted by molar-refractivity contribution is 0.00578. The van der Waals surface area contributed by atoms with Crippen LogP contribution in [0.5, 0.6) is 0 Å². The van der Waals surface area contributed by atoms with Crippen molar-refractivity contribution in [2.75, 3.05) is 7.11 Å². The maximum atomic E-state index is 5.96. The first-order chi connectivity index (χ1) is 8.36. The Labute approximate surface area is 109 Å². The molecule has 0 N–H and O–H groups in total. The molecule has 0 aliphatic carbocycles. The second kappa shape index (κ2) is 4.65. The van der Waals surface area contributed by atoms with Gasteiger partial charge < -0.3 is 14.0 Å². The molecular weight excluding hydrogens is 229 g/mol. The third-order valence-corrected chi connectivity index (χ3v) is 3.67. The molecule has 1 fully saturated rings. The molecule has 1 aliphatic heterocycles. The van der Waals surface area contributed by atoms with Crippen LogP contribution in [0, 0.1) is 0 Å². The van der Waals surface area contributed by atoms with E-state index in [1.165, 1.54) is 0 Å². The number of nitrogens with zero attached hydrogens (tertiary/aromatic N) is 1. The van der Waals surface area contributed by atoms with Crippen molar-refractivity contribution in [3.8, 4) is 0 Å². The van der Waals surface area contributed by atoms with Gasteiger partial charge in [-0.2, -0.15) is 0 Å². The zero-order chi connectivity index (χ0) is 13.4. The summed E-state index contributed by atoms with van der Waals surface area (Å²) >= 11 is 0. The van der Waals surface area contributed by atoms with Gasteiger partial charge in [-0.15, -0.1) is 0 Å². The number of pyridine rings is 1. The number of hydrogen-bond donors (Lipinski definition) is 0. The summed E-state index contributed by atoms with van der Waals surface area (Å²) in [6.45, 7) is 8.68. The van der Waals surface area contributed by atoms with Crippen LogP contribution in [0.2, 0.25) is 0 Å². The lowest BCUT2D eigenvalue weighted by atomic mass is 9.80. The minimum absolute atomic E-state index is 0.317. The molecule has 1 aliphatic rings. The van der Waals surface area contributed by atoms with Gasteiger partial charge in [-0.1, -0.05) is 6.07 Å². The zero-order valence-electron chi connectivity index (χ0n) is 11.7. The van der Waals surface area contributed by atoms with Gasteiger partial charge in [0.1, 0.15) is 0 Å². The van der Waals surface area contributed by atoms with Crippen molar-refractivity contribution in [2.45, 2.75) is 45.5 Å². The largest absolute Gasteiger partial charge is 0.496 e. The lowest BCUT2D eigenvalue weighted by Crippen LogP contribution is -2.41. The Balaban J connectivity index is 2.14. The van der Waals surface area contributed by atoms with Gasteiger partial charge in [0.25, 0.3) is 0 Å². The Morgan fingerprint density at radius 3 is 2.22 bits per heavy atom. The highest BCUT2D eigenvalue weighted by Gasteiger charge is 2.51. The Bertz CT molecular complexity index is 401. The zero-order valence-corrected chi connectivity index (χ0v) is 11.7. The predicted octanol–water partition coefficient (Wildman–Crippen LogP) is 1.53. The van der Waals surface area contributed by atoms with E-state index in [0.29, 0.717) is 6.61 Å². The first kappa shape index (κ1) is 13.5. The van der Waals surface area contributed by atoms with Gasteiger partial charge in [0, 0.05) is 18.8 Å². The highest BCUT2D eigenvalue weighted by Crippen LogP contribution is 2.36. The molecule has 1 aromatic heterocycles. The monoisotopic (exact) mass is 249 g/mol. The van der Waals surface area contributed by atoms with Crippen LogP contribution in [-0.2, 0) is 20.7 Å². The molecule has 0 unspecified atom stereocenters. The normalized spacial score (nSPS) is 21.3. The van der Waals surface area contributed by atoms with Crippen LogP contribution in [0.15, 0.2) is 18.3 Å². The molecular formula is C13H20BNO3. The predicted molar refractivity (Wildman–Crippen MR) is 70.7 cm³/mol. The maximum Gasteiger partial charge on any atom is 0.496 e. The number of methoxy groups -OCH3 is 1. The summed E-state index contributed by atoms with van der Waals surface area (Å²) in [6, 6.07) is 3.91. The molecule has 0 saturated carbocycles. The second-order valence-electron chi connectivity index (χ2n) is 5.60. The Kier molecular flexibility index (Phi) is 3.49. The SMILES string of the molecule is COCc1ccc(B2OC(C)(C)C(C)(C)O2)cn1. The molecule has 0 bridgehead atoms. The van der Waals surface area contributed by atoms with E-state index in [-0.39, 0.29) is 18.3 Å². The fourth-order valence-electron chi connectivity index (χ4n) is 1.79. The topological polar surface area (TPSA) is 40.6 Å². The number of hydrogen-bond acceptors (Lipinski definition) is 4. The molecule has 0 amide bonds. The third-order valence-electron chi connectivity index (χ3n) is 3.67. The maximum absolute atomic E-state index is 5.96. The standard InChI is InChI=1S/C13H20BNO3/c1-12(2)13(3,4)18-14(17-12)10-6-7-11(9-16-5)15-8-10/h6-8H,9H2,1-5H3. The van der Waals surface area contributed by atoms with E-state index < -0.39 is 0 Å². The van der Waals surface area contributed by atoms with Crippen molar-refractivity contribution in [3.63, 3.8) is 0 Å². The summed E-state index contributed by atoms with van der Waals surface area (Å²) in [6.07, 6.45) is 1.79. The summed E-state index contributed by atoms with van der Waals surface area (Å²) in [5.74, 6) is 0. The van der Waals surface area contributed by atoms with Crippen molar-refractivity contribution in [1.29, 1.82) is 0 Å². The van der Waals surface area contributed by atoms with Crippen molar-refractivity contribution in [2.24, 2.45) is 0 Å². The second-order valence-corrected chi connectivity index (χ2v) is 5.60. The first-order valence-electron chi connectivity index (χ1n) is 6.15. The molecule has 2 rings (SSSR count). The fraction of sp³-hybridized carbons (Fsp3) is 0.615. The summed E-state index contributed by atoms with van der Waals surface area (Å²) in [5.41, 5.74) is 1.21. The molecule has 1 aromatic rings. The van der Waals surface area contributed by atoms with Crippen LogP contribution in [0.25, 0.3) is 0 Å². The molecule has 18 heavy (non-hydrogen) atoms. The molecule has 5 heteroatoms. The third kappa shape index (κ3) is 2.43. The van der Waals surface area contributed by atoms with Gasteiger partial charge in [0.15, 0.2) is 0 Å². The van der Waals surface area contributed by atoms with Crippen LogP contribution < -0.4 is 5.46 Å². The summed E-state index contributed by atoms with van der Waals surface area (Å²) in [5, 5.41) is 0. The summed E-state index contributed by atoms with van der Waals surface area (Å²) in [7, 11) is 1.31. The van der Waals surface area contributed by atoms with E-state index in [2.05, 4.69) is 4.98 Å². The minimum Gasteiger partial charge on any atom is -0.399 e. The van der Waals surface area contributed by atoms with E-state index >= 15 is 0 Å². The molecule has 0 aromatic carbocycles. The Morgan fingerprint density at radius 2 is 1.78 bits per heavy atom. The van der Waals surface area contributed by atoms with Gasteiger partial charge in [-0.25, -0.2) is 0 Å². The average molecular weight is 249 g/mol. The highest BCUT2D eigenvalue weighted by atomic mass is 16.7. The summed E-state index contributed by atoms with van der Waals surface area (Å²) < 4.78 is 16.9. The van der Waals surface area contributed by atoms with Gasteiger partial charge in [-0.3, -0.25) is 4.98 Å². The van der Waals surface area contributed by atoms with Gasteiger partial charge in [-0.05, 0) is 33.8 Å². The van der Waals surface area contributed by atoms with Crippen LogP contribution >= 0.6 is 0 Å². The van der Waals surface area contributed by atoms with Crippen molar-refractivity contribution >= 4 is 12.6 Å². The lowest BCUT2D eigenvalue weighted by Gasteiger charge is -2.32. The Morgan fingerprint density at radius 1 is 1.17 bits per heavy atom. The van der Waals surface area contributed by atoms with E-state index in [9.17, 15) is 0 Å². The van der Waals surface area contributed by atoms with Crippen molar-refractivity contribution in [3.05, 3.63) is 24.0 Å². The van der Waals surface area contributed by atoms with Crippen LogP contribution in [-0.4, -0.2) is 30.4 Å².